The number of nitrogens with zero attached hydrogens (tertiary/aromatic N) is 2. The minimum atomic E-state index is -3.60. The summed E-state index contributed by atoms with van der Waals surface area (Å²) in [5.74, 6) is -0.312. The topological polar surface area (TPSA) is 93.1 Å². The first-order chi connectivity index (χ1) is 13.4. The molecule has 8 heteroatoms. The molecule has 0 aliphatic rings. The number of aromatic nitrogens is 2. The number of sulfonamides is 1. The van der Waals surface area contributed by atoms with Gasteiger partial charge in [-0.15, -0.1) is 0 Å². The van der Waals surface area contributed by atoms with Crippen LogP contribution in [0.25, 0.3) is 0 Å². The summed E-state index contributed by atoms with van der Waals surface area (Å²) in [7, 11) is -2.26. The van der Waals surface area contributed by atoms with Gasteiger partial charge >= 0.3 is 0 Å². The Labute approximate surface area is 164 Å². The van der Waals surface area contributed by atoms with Crippen LogP contribution in [0, 0.1) is 6.92 Å². The van der Waals surface area contributed by atoms with Crippen LogP contribution in [-0.4, -0.2) is 30.9 Å². The van der Waals surface area contributed by atoms with E-state index in [9.17, 15) is 13.2 Å². The Hall–Kier alpha value is -2.97. The lowest BCUT2D eigenvalue weighted by Gasteiger charge is -2.11. The Morgan fingerprint density at radius 3 is 2.46 bits per heavy atom. The van der Waals surface area contributed by atoms with E-state index in [1.807, 2.05) is 35.0 Å². The molecule has 2 N–H and O–H groups in total. The molecule has 0 radical (unpaired) electrons. The van der Waals surface area contributed by atoms with Crippen LogP contribution in [0.2, 0.25) is 0 Å². The molecule has 7 nitrogen and oxygen atoms in total. The van der Waals surface area contributed by atoms with Gasteiger partial charge < -0.3 is 9.88 Å². The third-order valence-corrected chi connectivity index (χ3v) is 5.85. The van der Waals surface area contributed by atoms with Crippen LogP contribution in [0.4, 0.5) is 0 Å². The van der Waals surface area contributed by atoms with Crippen molar-refractivity contribution in [2.45, 2.75) is 24.9 Å². The first-order valence-corrected chi connectivity index (χ1v) is 10.2. The Bertz CT molecular complexity index is 1060. The van der Waals surface area contributed by atoms with Crippen molar-refractivity contribution in [2.24, 2.45) is 0 Å². The van der Waals surface area contributed by atoms with Crippen LogP contribution >= 0.6 is 0 Å². The number of hydrogen-bond acceptors (Lipinski definition) is 4. The van der Waals surface area contributed by atoms with Gasteiger partial charge in [0.1, 0.15) is 0 Å². The molecule has 3 aromatic rings. The molecule has 2 aromatic carbocycles. The molecule has 0 fully saturated rings. The van der Waals surface area contributed by atoms with E-state index in [-0.39, 0.29) is 10.8 Å². The van der Waals surface area contributed by atoms with Gasteiger partial charge in [0.2, 0.25) is 10.0 Å². The molecule has 0 bridgehead atoms. The molecule has 146 valence electrons. The quantitative estimate of drug-likeness (QED) is 0.637. The highest BCUT2D eigenvalue weighted by molar-refractivity contribution is 7.89. The van der Waals surface area contributed by atoms with Crippen LogP contribution in [0.15, 0.2) is 66.1 Å². The van der Waals surface area contributed by atoms with Crippen molar-refractivity contribution in [2.75, 3.05) is 7.05 Å². The van der Waals surface area contributed by atoms with E-state index in [0.717, 1.165) is 17.7 Å². The monoisotopic (exact) mass is 398 g/mol. The Kier molecular flexibility index (Phi) is 5.91. The zero-order valence-electron chi connectivity index (χ0n) is 15.7. The molecular formula is C20H22N4O3S. The molecule has 0 unspecified atom stereocenters. The predicted molar refractivity (Wildman–Crippen MR) is 106 cm³/mol. The van der Waals surface area contributed by atoms with Gasteiger partial charge in [0.25, 0.3) is 5.91 Å². The van der Waals surface area contributed by atoms with Crippen molar-refractivity contribution >= 4 is 15.9 Å². The number of carbonyl (C=O) groups is 1. The molecule has 1 aromatic heterocycles. The fraction of sp³-hybridized carbons (Fsp3) is 0.200. The number of nitrogens with one attached hydrogen (secondary N) is 2. The van der Waals surface area contributed by atoms with Gasteiger partial charge in [0, 0.05) is 31.0 Å². The second-order valence-electron chi connectivity index (χ2n) is 6.42. The highest BCUT2D eigenvalue weighted by atomic mass is 32.2. The number of rotatable bonds is 7. The average molecular weight is 398 g/mol. The maximum Gasteiger partial charge on any atom is 0.251 e. The zero-order valence-corrected chi connectivity index (χ0v) is 16.5. The Morgan fingerprint density at radius 1 is 1.11 bits per heavy atom. The van der Waals surface area contributed by atoms with Crippen LogP contribution < -0.4 is 10.0 Å². The van der Waals surface area contributed by atoms with Gasteiger partial charge in [-0.1, -0.05) is 30.3 Å². The number of aryl methyl sites for hydroxylation is 1. The molecule has 0 aliphatic heterocycles. The normalized spacial score (nSPS) is 11.4. The highest BCUT2D eigenvalue weighted by Crippen LogP contribution is 2.16. The summed E-state index contributed by atoms with van der Waals surface area (Å²) < 4.78 is 28.2. The van der Waals surface area contributed by atoms with Crippen molar-refractivity contribution < 1.29 is 13.2 Å². The summed E-state index contributed by atoms with van der Waals surface area (Å²) in [5, 5.41) is 2.85. The second-order valence-corrected chi connectivity index (χ2v) is 8.31. The van der Waals surface area contributed by atoms with Crippen LogP contribution in [-0.2, 0) is 23.1 Å². The molecule has 1 heterocycles. The van der Waals surface area contributed by atoms with Gasteiger partial charge in [-0.2, -0.15) is 0 Å². The molecule has 0 aliphatic carbocycles. The van der Waals surface area contributed by atoms with E-state index in [0.29, 0.717) is 17.7 Å². The lowest BCUT2D eigenvalue weighted by molar-refractivity contribution is 0.0950. The summed E-state index contributed by atoms with van der Waals surface area (Å²) in [6.45, 7) is 2.86. The predicted octanol–water partition coefficient (Wildman–Crippen LogP) is 2.08. The lowest BCUT2D eigenvalue weighted by Crippen LogP contribution is -2.25. The number of imidazole rings is 1. The molecule has 0 saturated carbocycles. The fourth-order valence-corrected chi connectivity index (χ4v) is 3.52. The van der Waals surface area contributed by atoms with Crippen molar-refractivity contribution in [3.63, 3.8) is 0 Å². The van der Waals surface area contributed by atoms with Gasteiger partial charge in [-0.25, -0.2) is 18.1 Å². The van der Waals surface area contributed by atoms with Crippen LogP contribution in [0.1, 0.15) is 27.0 Å². The van der Waals surface area contributed by atoms with Gasteiger partial charge in [-0.3, -0.25) is 4.79 Å². The smallest absolute Gasteiger partial charge is 0.251 e. The number of amides is 1. The molecule has 0 spiro atoms. The van der Waals surface area contributed by atoms with E-state index >= 15 is 0 Å². The van der Waals surface area contributed by atoms with E-state index in [1.54, 1.807) is 25.5 Å². The van der Waals surface area contributed by atoms with Crippen molar-refractivity contribution in [3.8, 4) is 0 Å². The van der Waals surface area contributed by atoms with Crippen LogP contribution in [0.5, 0.6) is 0 Å². The van der Waals surface area contributed by atoms with E-state index in [1.165, 1.54) is 19.2 Å². The Morgan fingerprint density at radius 2 is 1.82 bits per heavy atom. The van der Waals surface area contributed by atoms with E-state index < -0.39 is 10.0 Å². The fourth-order valence-electron chi connectivity index (χ4n) is 2.76. The lowest BCUT2D eigenvalue weighted by atomic mass is 10.1. The number of hydrogen-bond donors (Lipinski definition) is 2. The maximum absolute atomic E-state index is 12.5. The maximum atomic E-state index is 12.5. The second kappa shape index (κ2) is 8.37. The SMILES string of the molecule is CNS(=O)(=O)c1ccc(C)c(C(=O)NCc2ccc(Cn3ccnc3)cc2)c1. The van der Waals surface area contributed by atoms with Gasteiger partial charge in [0.15, 0.2) is 0 Å². The van der Waals surface area contributed by atoms with E-state index in [4.69, 9.17) is 0 Å². The summed E-state index contributed by atoms with van der Waals surface area (Å²) in [6, 6.07) is 12.4. The van der Waals surface area contributed by atoms with Crippen molar-refractivity contribution in [3.05, 3.63) is 83.4 Å². The largest absolute Gasteiger partial charge is 0.348 e. The minimum Gasteiger partial charge on any atom is -0.348 e. The summed E-state index contributed by atoms with van der Waals surface area (Å²) in [6.07, 6.45) is 5.40. The van der Waals surface area contributed by atoms with Crippen molar-refractivity contribution in [1.29, 1.82) is 0 Å². The first-order valence-electron chi connectivity index (χ1n) is 8.75. The van der Waals surface area contributed by atoms with Gasteiger partial charge in [-0.05, 0) is 42.8 Å². The number of carbonyl (C=O) groups excluding carboxylic acids is 1. The molecular weight excluding hydrogens is 376 g/mol. The molecule has 28 heavy (non-hydrogen) atoms. The van der Waals surface area contributed by atoms with Gasteiger partial charge in [0.05, 0.1) is 11.2 Å². The molecule has 0 atom stereocenters. The minimum absolute atomic E-state index is 0.0644. The summed E-state index contributed by atoms with van der Waals surface area (Å²) in [5.41, 5.74) is 3.14. The molecule has 0 saturated heterocycles. The van der Waals surface area contributed by atoms with Crippen molar-refractivity contribution in [1.82, 2.24) is 19.6 Å². The average Bonchev–Trinajstić information content (AvgIpc) is 3.20. The standard InChI is InChI=1S/C20H22N4O3S/c1-15-3-8-18(28(26,27)21-2)11-19(15)20(25)23-12-16-4-6-17(7-5-16)13-24-10-9-22-14-24/h3-11,14,21H,12-13H2,1-2H3,(H,23,25). The highest BCUT2D eigenvalue weighted by Gasteiger charge is 2.16. The molecule has 1 amide bonds. The van der Waals surface area contributed by atoms with E-state index in [2.05, 4.69) is 15.0 Å². The molecule has 3 rings (SSSR count). The summed E-state index contributed by atoms with van der Waals surface area (Å²) in [4.78, 5) is 16.6. The zero-order chi connectivity index (χ0) is 20.1. The number of benzene rings is 2. The first kappa shape index (κ1) is 19.8. The third kappa shape index (κ3) is 4.65. The summed E-state index contributed by atoms with van der Waals surface area (Å²) >= 11 is 0. The Balaban J connectivity index is 1.66. The third-order valence-electron chi connectivity index (χ3n) is 4.43. The van der Waals surface area contributed by atoms with Crippen LogP contribution in [0.3, 0.4) is 0 Å².